The molecule has 2 heterocycles. The molecule has 0 saturated carbocycles. The maximum Gasteiger partial charge on any atom is 0.338 e. The summed E-state index contributed by atoms with van der Waals surface area (Å²) in [5, 5.41) is 5.61. The molecule has 0 radical (unpaired) electrons. The number of ether oxygens (including phenoxy) is 2. The summed E-state index contributed by atoms with van der Waals surface area (Å²) in [7, 11) is 0. The van der Waals surface area contributed by atoms with Crippen molar-refractivity contribution < 1.29 is 19.1 Å². The summed E-state index contributed by atoms with van der Waals surface area (Å²) in [5.41, 5.74) is 5.09. The molecular formula is C26H27N3O4S. The zero-order chi connectivity index (χ0) is 24.2. The lowest BCUT2D eigenvalue weighted by Gasteiger charge is -2.33. The first-order chi connectivity index (χ1) is 16.4. The summed E-state index contributed by atoms with van der Waals surface area (Å²) in [6, 6.07) is 12.8. The summed E-state index contributed by atoms with van der Waals surface area (Å²) in [6.45, 7) is 7.83. The Morgan fingerprint density at radius 2 is 1.85 bits per heavy atom. The van der Waals surface area contributed by atoms with E-state index in [1.807, 2.05) is 67.6 Å². The smallest absolute Gasteiger partial charge is 0.338 e. The molecule has 0 aromatic heterocycles. The standard InChI is InChI=1S/C26H27N3O4S/c1-5-32-25(31)23-18(4)27-26-29(12-13-34-26)24(23)19-7-10-21(11-8-19)33-15-22(30)28-20-9-6-16(2)17(3)14-20/h6-14,24H,5,15H2,1-4H3,(H,28,30)/t24-/m0/s1. The zero-order valence-electron chi connectivity index (χ0n) is 19.6. The van der Waals surface area contributed by atoms with E-state index in [1.54, 1.807) is 19.1 Å². The largest absolute Gasteiger partial charge is 0.484 e. The summed E-state index contributed by atoms with van der Waals surface area (Å²) in [5.74, 6) is -0.0438. The highest BCUT2D eigenvalue weighted by molar-refractivity contribution is 8.16. The molecule has 34 heavy (non-hydrogen) atoms. The van der Waals surface area contributed by atoms with Crippen LogP contribution in [-0.2, 0) is 14.3 Å². The van der Waals surface area contributed by atoms with Gasteiger partial charge in [0, 0.05) is 11.9 Å². The quantitative estimate of drug-likeness (QED) is 0.560. The predicted octanol–water partition coefficient (Wildman–Crippen LogP) is 5.09. The van der Waals surface area contributed by atoms with Gasteiger partial charge in [0.1, 0.15) is 5.75 Å². The number of carbonyl (C=O) groups is 2. The van der Waals surface area contributed by atoms with Crippen LogP contribution in [0.4, 0.5) is 5.69 Å². The Bertz CT molecular complexity index is 1200. The number of aryl methyl sites for hydroxylation is 2. The maximum absolute atomic E-state index is 12.7. The molecule has 0 saturated heterocycles. The number of thioether (sulfide) groups is 1. The number of anilines is 1. The van der Waals surface area contributed by atoms with Crippen LogP contribution < -0.4 is 10.1 Å². The Morgan fingerprint density at radius 3 is 2.56 bits per heavy atom. The third-order valence-corrected chi connectivity index (χ3v) is 6.44. The summed E-state index contributed by atoms with van der Waals surface area (Å²) >= 11 is 1.51. The van der Waals surface area contributed by atoms with Crippen LogP contribution in [0.3, 0.4) is 0 Å². The molecule has 176 valence electrons. The van der Waals surface area contributed by atoms with Crippen molar-refractivity contribution in [2.75, 3.05) is 18.5 Å². The van der Waals surface area contributed by atoms with Crippen molar-refractivity contribution in [1.29, 1.82) is 0 Å². The number of hydrogen-bond acceptors (Lipinski definition) is 7. The molecule has 8 heteroatoms. The minimum Gasteiger partial charge on any atom is -0.484 e. The lowest BCUT2D eigenvalue weighted by molar-refractivity contribution is -0.139. The second kappa shape index (κ2) is 10.2. The molecule has 2 aliphatic rings. The van der Waals surface area contributed by atoms with Gasteiger partial charge in [-0.05, 0) is 74.1 Å². The van der Waals surface area contributed by atoms with Gasteiger partial charge in [-0.1, -0.05) is 30.0 Å². The summed E-state index contributed by atoms with van der Waals surface area (Å²) in [4.78, 5) is 31.6. The fraction of sp³-hybridized carbons (Fsp3) is 0.269. The van der Waals surface area contributed by atoms with Gasteiger partial charge in [-0.2, -0.15) is 0 Å². The van der Waals surface area contributed by atoms with Crippen LogP contribution in [0.15, 0.2) is 70.3 Å². The van der Waals surface area contributed by atoms with Crippen molar-refractivity contribution >= 4 is 34.5 Å². The second-order valence-electron chi connectivity index (χ2n) is 8.03. The minimum absolute atomic E-state index is 0.106. The number of benzene rings is 2. The SMILES string of the molecule is CCOC(=O)C1=C(C)N=C2SC=CN2[C@H]1c1ccc(OCC(=O)Nc2ccc(C)c(C)c2)cc1. The first-order valence-electron chi connectivity index (χ1n) is 11.1. The highest BCUT2D eigenvalue weighted by atomic mass is 32.2. The van der Waals surface area contributed by atoms with Gasteiger partial charge >= 0.3 is 5.97 Å². The number of esters is 1. The molecule has 2 aliphatic heterocycles. The van der Waals surface area contributed by atoms with Gasteiger partial charge in [0.15, 0.2) is 11.8 Å². The second-order valence-corrected chi connectivity index (χ2v) is 8.90. The molecule has 1 amide bonds. The number of hydrogen-bond donors (Lipinski definition) is 1. The fourth-order valence-corrected chi connectivity index (χ4v) is 4.60. The highest BCUT2D eigenvalue weighted by Gasteiger charge is 2.37. The molecule has 0 fully saturated rings. The number of nitrogens with one attached hydrogen (secondary N) is 1. The lowest BCUT2D eigenvalue weighted by atomic mass is 9.95. The van der Waals surface area contributed by atoms with Gasteiger partial charge in [-0.3, -0.25) is 4.79 Å². The Balaban J connectivity index is 1.46. The average Bonchev–Trinajstić information content (AvgIpc) is 3.28. The van der Waals surface area contributed by atoms with E-state index in [1.165, 1.54) is 17.3 Å². The molecule has 1 atom stereocenters. The molecular weight excluding hydrogens is 450 g/mol. The van der Waals surface area contributed by atoms with Gasteiger partial charge in [0.2, 0.25) is 0 Å². The van der Waals surface area contributed by atoms with Crippen LogP contribution in [0.5, 0.6) is 5.75 Å². The number of nitrogens with zero attached hydrogens (tertiary/aromatic N) is 2. The van der Waals surface area contributed by atoms with Crippen molar-refractivity contribution in [2.24, 2.45) is 4.99 Å². The molecule has 0 spiro atoms. The molecule has 0 unspecified atom stereocenters. The number of rotatable bonds is 7. The minimum atomic E-state index is -0.374. The van der Waals surface area contributed by atoms with E-state index in [4.69, 9.17) is 9.47 Å². The average molecular weight is 478 g/mol. The van der Waals surface area contributed by atoms with Crippen LogP contribution in [0.2, 0.25) is 0 Å². The number of aliphatic imine (C=N–C) groups is 1. The third kappa shape index (κ3) is 5.02. The van der Waals surface area contributed by atoms with Crippen molar-refractivity contribution in [3.63, 3.8) is 0 Å². The van der Waals surface area contributed by atoms with Crippen molar-refractivity contribution in [3.8, 4) is 5.75 Å². The van der Waals surface area contributed by atoms with Gasteiger partial charge < -0.3 is 19.7 Å². The van der Waals surface area contributed by atoms with Crippen molar-refractivity contribution in [3.05, 3.63) is 82.0 Å². The monoisotopic (exact) mass is 477 g/mol. The Morgan fingerprint density at radius 1 is 1.09 bits per heavy atom. The molecule has 2 aromatic rings. The van der Waals surface area contributed by atoms with Gasteiger partial charge in [0.05, 0.1) is 23.9 Å². The van der Waals surface area contributed by atoms with E-state index in [9.17, 15) is 9.59 Å². The van der Waals surface area contributed by atoms with Crippen LogP contribution >= 0.6 is 11.8 Å². The van der Waals surface area contributed by atoms with E-state index >= 15 is 0 Å². The van der Waals surface area contributed by atoms with Gasteiger partial charge in [-0.25, -0.2) is 9.79 Å². The Kier molecular flexibility index (Phi) is 7.07. The number of amides is 1. The van der Waals surface area contributed by atoms with Crippen molar-refractivity contribution in [1.82, 2.24) is 4.90 Å². The molecule has 4 rings (SSSR count). The molecule has 2 aromatic carbocycles. The lowest BCUT2D eigenvalue weighted by Crippen LogP contribution is -2.34. The first kappa shape index (κ1) is 23.6. The van der Waals surface area contributed by atoms with Crippen molar-refractivity contribution in [2.45, 2.75) is 33.7 Å². The van der Waals surface area contributed by atoms with E-state index in [-0.39, 0.29) is 24.5 Å². The predicted molar refractivity (Wildman–Crippen MR) is 135 cm³/mol. The topological polar surface area (TPSA) is 80.2 Å². The van der Waals surface area contributed by atoms with Crippen LogP contribution in [0.1, 0.15) is 36.6 Å². The molecule has 0 bridgehead atoms. The number of allylic oxidation sites excluding steroid dienone is 1. The number of fused-ring (bicyclic) bond motifs is 1. The van der Waals surface area contributed by atoms with Gasteiger partial charge in [0.25, 0.3) is 5.91 Å². The van der Waals surface area contributed by atoms with E-state index in [0.717, 1.165) is 22.0 Å². The number of amidine groups is 1. The molecule has 0 aliphatic carbocycles. The van der Waals surface area contributed by atoms with Crippen LogP contribution in [0, 0.1) is 13.8 Å². The normalized spacial score (nSPS) is 16.8. The number of carbonyl (C=O) groups excluding carboxylic acids is 2. The first-order valence-corrected chi connectivity index (χ1v) is 11.9. The third-order valence-electron chi connectivity index (χ3n) is 5.67. The maximum atomic E-state index is 12.7. The summed E-state index contributed by atoms with van der Waals surface area (Å²) in [6.07, 6.45) is 1.92. The molecule has 1 N–H and O–H groups in total. The van der Waals surface area contributed by atoms with Crippen LogP contribution in [-0.4, -0.2) is 35.2 Å². The Labute approximate surface area is 203 Å². The van der Waals surface area contributed by atoms with Gasteiger partial charge in [-0.15, -0.1) is 0 Å². The highest BCUT2D eigenvalue weighted by Crippen LogP contribution is 2.41. The zero-order valence-corrected chi connectivity index (χ0v) is 20.4. The molecule has 7 nitrogen and oxygen atoms in total. The van der Waals surface area contributed by atoms with Crippen LogP contribution in [0.25, 0.3) is 0 Å². The van der Waals surface area contributed by atoms with E-state index in [2.05, 4.69) is 10.3 Å². The van der Waals surface area contributed by atoms with E-state index in [0.29, 0.717) is 23.6 Å². The fourth-order valence-electron chi connectivity index (χ4n) is 3.81. The Hall–Kier alpha value is -3.52. The summed E-state index contributed by atoms with van der Waals surface area (Å²) < 4.78 is 11.0. The van der Waals surface area contributed by atoms with E-state index < -0.39 is 0 Å².